The number of carbonyl (C=O) groups excluding carboxylic acids is 1. The molecule has 0 saturated heterocycles. The van der Waals surface area contributed by atoms with E-state index < -0.39 is 0 Å². The Hall–Kier alpha value is -1.71. The average Bonchev–Trinajstić information content (AvgIpc) is 2.16. The summed E-state index contributed by atoms with van der Waals surface area (Å²) >= 11 is 0. The molecule has 0 fully saturated rings. The van der Waals surface area contributed by atoms with Crippen LogP contribution in [0.25, 0.3) is 6.08 Å². The summed E-state index contributed by atoms with van der Waals surface area (Å²) in [7, 11) is 1.70. The molecule has 0 atom stereocenters. The van der Waals surface area contributed by atoms with Crippen LogP contribution in [0.15, 0.2) is 12.8 Å². The molecule has 0 bridgehead atoms. The fourth-order valence-electron chi connectivity index (χ4n) is 0.930. The Morgan fingerprint density at radius 2 is 2.46 bits per heavy atom. The van der Waals surface area contributed by atoms with Crippen molar-refractivity contribution in [3.63, 3.8) is 0 Å². The van der Waals surface area contributed by atoms with Gasteiger partial charge in [0.25, 0.3) is 0 Å². The molecule has 13 heavy (non-hydrogen) atoms. The highest BCUT2D eigenvalue weighted by Gasteiger charge is 2.09. The van der Waals surface area contributed by atoms with Crippen molar-refractivity contribution < 1.29 is 6.22 Å². The predicted molar refractivity (Wildman–Crippen MR) is 53.8 cm³/mol. The van der Waals surface area contributed by atoms with Gasteiger partial charge in [0.05, 0.1) is 11.9 Å². The highest BCUT2D eigenvalue weighted by atomic mass is 16.1. The molecule has 0 aliphatic rings. The van der Waals surface area contributed by atoms with Crippen molar-refractivity contribution in [2.75, 3.05) is 12.4 Å². The number of carbonyl (C=O) groups is 1. The third-order valence-corrected chi connectivity index (χ3v) is 1.57. The third-order valence-electron chi connectivity index (χ3n) is 1.57. The van der Waals surface area contributed by atoms with Gasteiger partial charge in [0.2, 0.25) is 0 Å². The van der Waals surface area contributed by atoms with Crippen LogP contribution in [-0.2, 0) is 0 Å². The van der Waals surface area contributed by atoms with Crippen LogP contribution in [0.3, 0.4) is 0 Å². The summed E-state index contributed by atoms with van der Waals surface area (Å²) in [4.78, 5) is 19.2. The van der Waals surface area contributed by atoms with E-state index in [9.17, 15) is 4.79 Å². The standard InChI is InChI=1S/C9H11N3O.H2/c1-4-7-5-11-9(10-3)8(12-7)6(2)13;/h4-5H,1H2,2-3H3,(H,10,11);1H. The first-order valence-corrected chi connectivity index (χ1v) is 3.87. The third kappa shape index (κ3) is 1.90. The van der Waals surface area contributed by atoms with Crippen molar-refractivity contribution in [2.24, 2.45) is 0 Å². The average molecular weight is 179 g/mol. The molecule has 4 nitrogen and oxygen atoms in total. The van der Waals surface area contributed by atoms with Crippen molar-refractivity contribution in [2.45, 2.75) is 6.92 Å². The number of nitrogens with zero attached hydrogens (tertiary/aromatic N) is 2. The zero-order valence-corrected chi connectivity index (χ0v) is 7.66. The van der Waals surface area contributed by atoms with E-state index in [-0.39, 0.29) is 7.21 Å². The van der Waals surface area contributed by atoms with Crippen molar-refractivity contribution in [1.29, 1.82) is 0 Å². The van der Waals surface area contributed by atoms with E-state index >= 15 is 0 Å². The molecule has 70 valence electrons. The lowest BCUT2D eigenvalue weighted by Crippen LogP contribution is -2.06. The summed E-state index contributed by atoms with van der Waals surface area (Å²) in [6, 6.07) is 0. The molecule has 1 N–H and O–H groups in total. The minimum Gasteiger partial charge on any atom is -0.371 e. The topological polar surface area (TPSA) is 54.9 Å². The fraction of sp³-hybridized carbons (Fsp3) is 0.222. The Labute approximate surface area is 78.2 Å². The lowest BCUT2D eigenvalue weighted by molar-refractivity contribution is 0.101. The van der Waals surface area contributed by atoms with Crippen molar-refractivity contribution >= 4 is 17.7 Å². The smallest absolute Gasteiger partial charge is 0.181 e. The van der Waals surface area contributed by atoms with E-state index in [0.29, 0.717) is 17.2 Å². The molecule has 1 aromatic heterocycles. The van der Waals surface area contributed by atoms with Gasteiger partial charge < -0.3 is 5.32 Å². The predicted octanol–water partition coefficient (Wildman–Crippen LogP) is 1.61. The SMILES string of the molecule is C=Cc1cnc(NC)c(C(C)=O)n1.[HH]. The van der Waals surface area contributed by atoms with Crippen molar-refractivity contribution in [1.82, 2.24) is 9.97 Å². The molecule has 4 heteroatoms. The number of aromatic nitrogens is 2. The molecule has 0 aromatic carbocycles. The lowest BCUT2D eigenvalue weighted by Gasteiger charge is -2.04. The second kappa shape index (κ2) is 3.80. The molecule has 1 aromatic rings. The van der Waals surface area contributed by atoms with Crippen LogP contribution < -0.4 is 5.32 Å². The minimum atomic E-state index is -0.111. The summed E-state index contributed by atoms with van der Waals surface area (Å²) in [5.74, 6) is 0.388. The number of nitrogens with one attached hydrogen (secondary N) is 1. The van der Waals surface area contributed by atoms with Gasteiger partial charge in [-0.15, -0.1) is 0 Å². The highest BCUT2D eigenvalue weighted by molar-refractivity contribution is 5.96. The number of anilines is 1. The van der Waals surface area contributed by atoms with E-state index in [4.69, 9.17) is 0 Å². The molecular formula is C9H13N3O. The molecule has 0 radical (unpaired) electrons. The quantitative estimate of drug-likeness (QED) is 0.716. The Morgan fingerprint density at radius 3 is 2.92 bits per heavy atom. The molecule has 0 spiro atoms. The number of ketones is 1. The molecule has 0 unspecified atom stereocenters. The normalized spacial score (nSPS) is 9.38. The summed E-state index contributed by atoms with van der Waals surface area (Å²) in [6.45, 7) is 5.01. The Morgan fingerprint density at radius 1 is 1.77 bits per heavy atom. The maximum absolute atomic E-state index is 11.1. The van der Waals surface area contributed by atoms with Gasteiger partial charge in [0.15, 0.2) is 11.6 Å². The van der Waals surface area contributed by atoms with Gasteiger partial charge in [0, 0.05) is 15.4 Å². The Balaban J connectivity index is 0.00000169. The van der Waals surface area contributed by atoms with E-state index in [0.717, 1.165) is 0 Å². The Bertz CT molecular complexity index is 352. The van der Waals surface area contributed by atoms with E-state index in [2.05, 4.69) is 21.9 Å². The zero-order valence-electron chi connectivity index (χ0n) is 7.66. The van der Waals surface area contributed by atoms with Crippen LogP contribution in [0.4, 0.5) is 5.82 Å². The molecule has 1 rings (SSSR count). The number of hydrogen-bond acceptors (Lipinski definition) is 4. The second-order valence-electron chi connectivity index (χ2n) is 2.50. The second-order valence-corrected chi connectivity index (χ2v) is 2.50. The summed E-state index contributed by atoms with van der Waals surface area (Å²) < 4.78 is 0. The first-order chi connectivity index (χ1) is 6.19. The monoisotopic (exact) mass is 179 g/mol. The molecule has 0 aliphatic heterocycles. The van der Waals surface area contributed by atoms with Crippen LogP contribution >= 0.6 is 0 Å². The fourth-order valence-corrected chi connectivity index (χ4v) is 0.930. The van der Waals surface area contributed by atoms with Gasteiger partial charge in [-0.1, -0.05) is 6.58 Å². The molecule has 0 saturated carbocycles. The van der Waals surface area contributed by atoms with Gasteiger partial charge in [-0.05, 0) is 6.08 Å². The van der Waals surface area contributed by atoms with E-state index in [1.807, 2.05) is 0 Å². The molecule has 0 aliphatic carbocycles. The maximum atomic E-state index is 11.1. The van der Waals surface area contributed by atoms with E-state index in [1.54, 1.807) is 19.3 Å². The summed E-state index contributed by atoms with van der Waals surface area (Å²) in [6.07, 6.45) is 3.12. The van der Waals surface area contributed by atoms with Crippen molar-refractivity contribution in [3.05, 3.63) is 24.2 Å². The van der Waals surface area contributed by atoms with Crippen LogP contribution in [0.5, 0.6) is 0 Å². The summed E-state index contributed by atoms with van der Waals surface area (Å²) in [5.41, 5.74) is 0.948. The van der Waals surface area contributed by atoms with Gasteiger partial charge in [-0.25, -0.2) is 9.97 Å². The van der Waals surface area contributed by atoms with Crippen LogP contribution in [0.1, 0.15) is 24.5 Å². The first kappa shape index (κ1) is 9.38. The molecule has 1 heterocycles. The first-order valence-electron chi connectivity index (χ1n) is 3.87. The maximum Gasteiger partial charge on any atom is 0.181 e. The van der Waals surface area contributed by atoms with Gasteiger partial charge in [0.1, 0.15) is 5.69 Å². The van der Waals surface area contributed by atoms with Gasteiger partial charge in [-0.3, -0.25) is 4.79 Å². The highest BCUT2D eigenvalue weighted by Crippen LogP contribution is 2.10. The van der Waals surface area contributed by atoms with Crippen molar-refractivity contribution in [3.8, 4) is 0 Å². The summed E-state index contributed by atoms with van der Waals surface area (Å²) in [5, 5.41) is 2.80. The largest absolute Gasteiger partial charge is 0.371 e. The van der Waals surface area contributed by atoms with E-state index in [1.165, 1.54) is 6.92 Å². The molecule has 0 amide bonds. The van der Waals surface area contributed by atoms with Crippen LogP contribution in [0, 0.1) is 0 Å². The Kier molecular flexibility index (Phi) is 2.74. The van der Waals surface area contributed by atoms with Gasteiger partial charge >= 0.3 is 0 Å². The van der Waals surface area contributed by atoms with Gasteiger partial charge in [-0.2, -0.15) is 0 Å². The lowest BCUT2D eigenvalue weighted by atomic mass is 10.3. The number of rotatable bonds is 3. The van der Waals surface area contributed by atoms with Crippen LogP contribution in [0.2, 0.25) is 0 Å². The van der Waals surface area contributed by atoms with Crippen LogP contribution in [-0.4, -0.2) is 22.8 Å². The zero-order chi connectivity index (χ0) is 9.84. The number of hydrogen-bond donors (Lipinski definition) is 1. The molecular weight excluding hydrogens is 166 g/mol. The minimum absolute atomic E-state index is 0. The number of Topliss-reactive ketones (excluding diaryl/α,β-unsaturated/α-hetero) is 1.